The van der Waals surface area contributed by atoms with Crippen molar-refractivity contribution in [3.05, 3.63) is 71.8 Å². The Labute approximate surface area is 149 Å². The number of phenols is 2. The normalized spacial score (nSPS) is 10.5. The number of rotatable bonds is 4. The van der Waals surface area contributed by atoms with Crippen molar-refractivity contribution in [1.82, 2.24) is 0 Å². The van der Waals surface area contributed by atoms with Gasteiger partial charge in [-0.1, -0.05) is 48.5 Å². The molecule has 130 valence electrons. The Morgan fingerprint density at radius 2 is 0.962 bits per heavy atom. The van der Waals surface area contributed by atoms with E-state index in [0.717, 1.165) is 0 Å². The number of aromatic hydroxyl groups is 2. The van der Waals surface area contributed by atoms with Gasteiger partial charge in [0.25, 0.3) is 11.8 Å². The van der Waals surface area contributed by atoms with Crippen molar-refractivity contribution in [2.75, 3.05) is 0 Å². The van der Waals surface area contributed by atoms with Crippen molar-refractivity contribution in [2.24, 2.45) is 11.5 Å². The Balaban J connectivity index is 2.03. The van der Waals surface area contributed by atoms with Crippen LogP contribution in [0, 0.1) is 0 Å². The Morgan fingerprint density at radius 3 is 1.27 bits per heavy atom. The van der Waals surface area contributed by atoms with Crippen LogP contribution in [0.15, 0.2) is 60.7 Å². The minimum Gasteiger partial charge on any atom is -0.506 e. The summed E-state index contributed by atoms with van der Waals surface area (Å²) < 4.78 is 0. The van der Waals surface area contributed by atoms with E-state index in [0.29, 0.717) is 22.3 Å². The van der Waals surface area contributed by atoms with Crippen LogP contribution in [0.2, 0.25) is 0 Å². The molecule has 0 fully saturated rings. The average Bonchev–Trinajstić information content (AvgIpc) is 2.62. The van der Waals surface area contributed by atoms with Crippen molar-refractivity contribution in [3.63, 3.8) is 0 Å². The fraction of sp³-hybridized carbons (Fsp3) is 0. The maximum absolute atomic E-state index is 11.4. The first-order valence-corrected chi connectivity index (χ1v) is 7.74. The molecule has 0 heterocycles. The van der Waals surface area contributed by atoms with E-state index < -0.39 is 11.8 Å². The minimum absolute atomic E-state index is 0.0402. The SMILES string of the molecule is NC(=O)c1cccc(-c2ccc(-c3cccc(C(N)=O)c3O)cc2)c1O. The molecule has 0 saturated heterocycles. The lowest BCUT2D eigenvalue weighted by Crippen LogP contribution is -2.11. The summed E-state index contributed by atoms with van der Waals surface area (Å²) in [5.74, 6) is -1.80. The van der Waals surface area contributed by atoms with Crippen LogP contribution in [0.3, 0.4) is 0 Å². The van der Waals surface area contributed by atoms with Gasteiger partial charge in [-0.2, -0.15) is 0 Å². The standard InChI is InChI=1S/C20H16N2O4/c21-19(25)15-5-1-3-13(17(15)23)11-7-9-12(10-8-11)14-4-2-6-16(18(14)24)20(22)26/h1-10,23-24H,(H2,21,25)(H2,22,26). The van der Waals surface area contributed by atoms with Gasteiger partial charge in [-0.3, -0.25) is 9.59 Å². The van der Waals surface area contributed by atoms with Crippen molar-refractivity contribution < 1.29 is 19.8 Å². The second-order valence-electron chi connectivity index (χ2n) is 5.71. The molecule has 0 bridgehead atoms. The van der Waals surface area contributed by atoms with E-state index in [1.165, 1.54) is 12.1 Å². The maximum Gasteiger partial charge on any atom is 0.252 e. The van der Waals surface area contributed by atoms with Gasteiger partial charge in [0.1, 0.15) is 11.5 Å². The molecule has 0 aliphatic heterocycles. The number of carbonyl (C=O) groups excluding carboxylic acids is 2. The second-order valence-corrected chi connectivity index (χ2v) is 5.71. The van der Waals surface area contributed by atoms with E-state index in [2.05, 4.69) is 0 Å². The molecule has 0 saturated carbocycles. The summed E-state index contributed by atoms with van der Waals surface area (Å²) in [6.07, 6.45) is 0. The van der Waals surface area contributed by atoms with Gasteiger partial charge in [0, 0.05) is 11.1 Å². The highest BCUT2D eigenvalue weighted by molar-refractivity contribution is 5.99. The van der Waals surface area contributed by atoms with E-state index in [1.54, 1.807) is 48.5 Å². The highest BCUT2D eigenvalue weighted by atomic mass is 16.3. The predicted molar refractivity (Wildman–Crippen MR) is 97.7 cm³/mol. The lowest BCUT2D eigenvalue weighted by Gasteiger charge is -2.10. The van der Waals surface area contributed by atoms with Crippen LogP contribution < -0.4 is 11.5 Å². The third kappa shape index (κ3) is 2.95. The summed E-state index contributed by atoms with van der Waals surface area (Å²) >= 11 is 0. The molecule has 0 atom stereocenters. The first-order chi connectivity index (χ1) is 12.4. The maximum atomic E-state index is 11.4. The molecule has 6 nitrogen and oxygen atoms in total. The van der Waals surface area contributed by atoms with Gasteiger partial charge in [-0.15, -0.1) is 0 Å². The molecule has 6 heteroatoms. The zero-order valence-corrected chi connectivity index (χ0v) is 13.6. The first kappa shape index (κ1) is 17.0. The molecule has 0 unspecified atom stereocenters. The summed E-state index contributed by atoms with van der Waals surface area (Å²) in [6.45, 7) is 0. The Hall–Kier alpha value is -3.80. The monoisotopic (exact) mass is 348 g/mol. The van der Waals surface area contributed by atoms with Crippen LogP contribution >= 0.6 is 0 Å². The molecule has 6 N–H and O–H groups in total. The number of para-hydroxylation sites is 2. The average molecular weight is 348 g/mol. The van der Waals surface area contributed by atoms with Gasteiger partial charge in [0.15, 0.2) is 0 Å². The molecule has 26 heavy (non-hydrogen) atoms. The van der Waals surface area contributed by atoms with Gasteiger partial charge >= 0.3 is 0 Å². The second kappa shape index (κ2) is 6.60. The fourth-order valence-electron chi connectivity index (χ4n) is 2.78. The van der Waals surface area contributed by atoms with Crippen LogP contribution in [0.4, 0.5) is 0 Å². The zero-order chi connectivity index (χ0) is 18.8. The van der Waals surface area contributed by atoms with Crippen LogP contribution in [0.25, 0.3) is 22.3 Å². The van der Waals surface area contributed by atoms with Crippen molar-refractivity contribution in [2.45, 2.75) is 0 Å². The molecule has 3 aromatic rings. The summed E-state index contributed by atoms with van der Waals surface area (Å²) in [5, 5.41) is 20.5. The lowest BCUT2D eigenvalue weighted by atomic mass is 9.96. The summed E-state index contributed by atoms with van der Waals surface area (Å²) in [7, 11) is 0. The Kier molecular flexibility index (Phi) is 4.33. The van der Waals surface area contributed by atoms with Crippen LogP contribution in [-0.2, 0) is 0 Å². The van der Waals surface area contributed by atoms with Gasteiger partial charge < -0.3 is 21.7 Å². The quantitative estimate of drug-likeness (QED) is 0.578. The smallest absolute Gasteiger partial charge is 0.252 e. The lowest BCUT2D eigenvalue weighted by molar-refractivity contribution is 0.0989. The number of nitrogens with two attached hydrogens (primary N) is 2. The van der Waals surface area contributed by atoms with Crippen LogP contribution in [0.5, 0.6) is 11.5 Å². The summed E-state index contributed by atoms with van der Waals surface area (Å²) in [5.41, 5.74) is 12.8. The number of primary amides is 2. The zero-order valence-electron chi connectivity index (χ0n) is 13.6. The largest absolute Gasteiger partial charge is 0.506 e. The molecule has 0 radical (unpaired) electrons. The van der Waals surface area contributed by atoms with Gasteiger partial charge in [0.2, 0.25) is 0 Å². The van der Waals surface area contributed by atoms with Gasteiger partial charge in [-0.05, 0) is 23.3 Å². The number of hydrogen-bond acceptors (Lipinski definition) is 4. The van der Waals surface area contributed by atoms with E-state index in [1.807, 2.05) is 0 Å². The van der Waals surface area contributed by atoms with Crippen LogP contribution in [0.1, 0.15) is 20.7 Å². The molecular formula is C20H16N2O4. The molecular weight excluding hydrogens is 332 g/mol. The van der Waals surface area contributed by atoms with E-state index in [4.69, 9.17) is 11.5 Å². The molecule has 0 spiro atoms. The minimum atomic E-state index is -0.714. The number of benzene rings is 3. The van der Waals surface area contributed by atoms with E-state index in [9.17, 15) is 19.8 Å². The molecule has 0 aliphatic carbocycles. The molecule has 0 aromatic heterocycles. The highest BCUT2D eigenvalue weighted by Gasteiger charge is 2.15. The number of amides is 2. The van der Waals surface area contributed by atoms with Gasteiger partial charge in [0.05, 0.1) is 11.1 Å². The Bertz CT molecular complexity index is 928. The fourth-order valence-corrected chi connectivity index (χ4v) is 2.78. The highest BCUT2D eigenvalue weighted by Crippen LogP contribution is 2.36. The van der Waals surface area contributed by atoms with E-state index >= 15 is 0 Å². The molecule has 2 amide bonds. The van der Waals surface area contributed by atoms with E-state index in [-0.39, 0.29) is 22.6 Å². The van der Waals surface area contributed by atoms with Gasteiger partial charge in [-0.25, -0.2) is 0 Å². The number of carbonyl (C=O) groups is 2. The van der Waals surface area contributed by atoms with Crippen molar-refractivity contribution >= 4 is 11.8 Å². The number of hydrogen-bond donors (Lipinski definition) is 4. The topological polar surface area (TPSA) is 127 Å². The third-order valence-electron chi connectivity index (χ3n) is 4.11. The Morgan fingerprint density at radius 1 is 0.615 bits per heavy atom. The predicted octanol–water partition coefficient (Wildman–Crippen LogP) is 2.63. The molecule has 3 rings (SSSR count). The molecule has 0 aliphatic rings. The van der Waals surface area contributed by atoms with Crippen molar-refractivity contribution in [3.8, 4) is 33.8 Å². The third-order valence-corrected chi connectivity index (χ3v) is 4.11. The van der Waals surface area contributed by atoms with Crippen molar-refractivity contribution in [1.29, 1.82) is 0 Å². The van der Waals surface area contributed by atoms with Crippen LogP contribution in [-0.4, -0.2) is 22.0 Å². The summed E-state index contributed by atoms with van der Waals surface area (Å²) in [6, 6.07) is 16.4. The summed E-state index contributed by atoms with van der Waals surface area (Å²) in [4.78, 5) is 22.7. The molecule has 3 aromatic carbocycles. The first-order valence-electron chi connectivity index (χ1n) is 7.74.